The smallest absolute Gasteiger partial charge is 0.172 e. The van der Waals surface area contributed by atoms with Crippen molar-refractivity contribution in [3.63, 3.8) is 0 Å². The van der Waals surface area contributed by atoms with Gasteiger partial charge < -0.3 is 10.1 Å². The second-order valence-electron chi connectivity index (χ2n) is 6.14. The number of ketones is 1. The van der Waals surface area contributed by atoms with Gasteiger partial charge in [0.1, 0.15) is 5.75 Å². The maximum absolute atomic E-state index is 12.9. The number of aromatic nitrogens is 1. The van der Waals surface area contributed by atoms with Crippen molar-refractivity contribution in [2.75, 3.05) is 13.1 Å². The molecule has 0 aliphatic carbocycles. The SMILES string of the molecule is CC(C)Oc1cncc(C(=O)C2(C(C)C)CCNC2)c1. The summed E-state index contributed by atoms with van der Waals surface area (Å²) in [6.45, 7) is 9.81. The summed E-state index contributed by atoms with van der Waals surface area (Å²) in [6.07, 6.45) is 4.27. The molecule has 1 saturated heterocycles. The lowest BCUT2D eigenvalue weighted by Gasteiger charge is -2.31. The Hall–Kier alpha value is -1.42. The first-order valence-corrected chi connectivity index (χ1v) is 7.33. The predicted octanol–water partition coefficient (Wildman–Crippen LogP) is 2.69. The van der Waals surface area contributed by atoms with Gasteiger partial charge in [-0.05, 0) is 38.8 Å². The molecule has 1 fully saturated rings. The number of rotatable bonds is 5. The van der Waals surface area contributed by atoms with E-state index in [-0.39, 0.29) is 17.3 Å². The van der Waals surface area contributed by atoms with Crippen molar-refractivity contribution in [1.29, 1.82) is 0 Å². The van der Waals surface area contributed by atoms with E-state index in [1.807, 2.05) is 19.9 Å². The lowest BCUT2D eigenvalue weighted by Crippen LogP contribution is -2.38. The van der Waals surface area contributed by atoms with Gasteiger partial charge in [0, 0.05) is 23.7 Å². The van der Waals surface area contributed by atoms with E-state index in [1.165, 1.54) is 0 Å². The van der Waals surface area contributed by atoms with Crippen molar-refractivity contribution >= 4 is 5.78 Å². The van der Waals surface area contributed by atoms with E-state index in [0.29, 0.717) is 17.2 Å². The molecule has 0 aromatic carbocycles. The topological polar surface area (TPSA) is 51.2 Å². The molecule has 1 aliphatic heterocycles. The summed E-state index contributed by atoms with van der Waals surface area (Å²) >= 11 is 0. The summed E-state index contributed by atoms with van der Waals surface area (Å²) in [5.74, 6) is 1.15. The normalized spacial score (nSPS) is 22.5. The second-order valence-corrected chi connectivity index (χ2v) is 6.14. The van der Waals surface area contributed by atoms with Crippen LogP contribution in [-0.4, -0.2) is 30.0 Å². The molecule has 20 heavy (non-hydrogen) atoms. The number of hydrogen-bond acceptors (Lipinski definition) is 4. The average Bonchev–Trinajstić information content (AvgIpc) is 2.88. The Morgan fingerprint density at radius 2 is 2.10 bits per heavy atom. The first kappa shape index (κ1) is 15.0. The minimum atomic E-state index is -0.307. The lowest BCUT2D eigenvalue weighted by molar-refractivity contribution is 0.0738. The summed E-state index contributed by atoms with van der Waals surface area (Å²) < 4.78 is 5.63. The Bertz CT molecular complexity index is 477. The fraction of sp³-hybridized carbons (Fsp3) is 0.625. The van der Waals surface area contributed by atoms with Gasteiger partial charge in [-0.3, -0.25) is 9.78 Å². The van der Waals surface area contributed by atoms with E-state index in [1.54, 1.807) is 12.4 Å². The molecule has 0 spiro atoms. The van der Waals surface area contributed by atoms with Crippen LogP contribution in [0.1, 0.15) is 44.5 Å². The number of pyridine rings is 1. The molecule has 1 aromatic heterocycles. The minimum absolute atomic E-state index is 0.0781. The highest BCUT2D eigenvalue weighted by molar-refractivity contribution is 6.01. The molecule has 2 heterocycles. The maximum Gasteiger partial charge on any atom is 0.172 e. The molecule has 1 N–H and O–H groups in total. The van der Waals surface area contributed by atoms with Crippen LogP contribution in [0.2, 0.25) is 0 Å². The minimum Gasteiger partial charge on any atom is -0.489 e. The molecule has 110 valence electrons. The summed E-state index contributed by atoms with van der Waals surface area (Å²) in [7, 11) is 0. The summed E-state index contributed by atoms with van der Waals surface area (Å²) in [5, 5.41) is 3.32. The van der Waals surface area contributed by atoms with Crippen LogP contribution in [0.4, 0.5) is 0 Å². The highest BCUT2D eigenvalue weighted by atomic mass is 16.5. The van der Waals surface area contributed by atoms with Gasteiger partial charge in [0.05, 0.1) is 12.3 Å². The molecular weight excluding hydrogens is 252 g/mol. The monoisotopic (exact) mass is 276 g/mol. The molecule has 0 radical (unpaired) electrons. The first-order chi connectivity index (χ1) is 9.45. The molecular formula is C16H24N2O2. The molecule has 4 heteroatoms. The number of carbonyl (C=O) groups excluding carboxylic acids is 1. The zero-order chi connectivity index (χ0) is 14.8. The predicted molar refractivity (Wildman–Crippen MR) is 79.1 cm³/mol. The van der Waals surface area contributed by atoms with Crippen LogP contribution < -0.4 is 10.1 Å². The molecule has 1 atom stereocenters. The number of Topliss-reactive ketones (excluding diaryl/α,β-unsaturated/α-hetero) is 1. The summed E-state index contributed by atoms with van der Waals surface area (Å²) in [4.78, 5) is 17.1. The summed E-state index contributed by atoms with van der Waals surface area (Å²) in [6, 6.07) is 1.82. The van der Waals surface area contributed by atoms with Crippen molar-refractivity contribution in [2.45, 2.75) is 40.2 Å². The largest absolute Gasteiger partial charge is 0.489 e. The molecule has 1 unspecified atom stereocenters. The summed E-state index contributed by atoms with van der Waals surface area (Å²) in [5.41, 5.74) is 0.346. The fourth-order valence-electron chi connectivity index (χ4n) is 2.83. The van der Waals surface area contributed by atoms with Crippen LogP contribution in [0.5, 0.6) is 5.75 Å². The van der Waals surface area contributed by atoms with E-state index >= 15 is 0 Å². The zero-order valence-electron chi connectivity index (χ0n) is 12.8. The first-order valence-electron chi connectivity index (χ1n) is 7.33. The van der Waals surface area contributed by atoms with Crippen molar-refractivity contribution < 1.29 is 9.53 Å². The van der Waals surface area contributed by atoms with E-state index in [4.69, 9.17) is 4.74 Å². The number of nitrogens with one attached hydrogen (secondary N) is 1. The number of hydrogen-bond donors (Lipinski definition) is 1. The molecule has 2 rings (SSSR count). The standard InChI is InChI=1S/C16H24N2O2/c1-11(2)16(5-6-17-10-16)15(19)13-7-14(9-18-8-13)20-12(3)4/h7-9,11-12,17H,5-6,10H2,1-4H3. The van der Waals surface area contributed by atoms with Gasteiger partial charge in [-0.15, -0.1) is 0 Å². The van der Waals surface area contributed by atoms with E-state index in [2.05, 4.69) is 24.1 Å². The van der Waals surface area contributed by atoms with Crippen LogP contribution in [0.25, 0.3) is 0 Å². The zero-order valence-corrected chi connectivity index (χ0v) is 12.8. The van der Waals surface area contributed by atoms with E-state index in [0.717, 1.165) is 19.5 Å². The number of ether oxygens (including phenoxy) is 1. The number of carbonyl (C=O) groups is 1. The number of nitrogens with zero attached hydrogens (tertiary/aromatic N) is 1. The van der Waals surface area contributed by atoms with Gasteiger partial charge in [-0.2, -0.15) is 0 Å². The van der Waals surface area contributed by atoms with Gasteiger partial charge in [0.25, 0.3) is 0 Å². The molecule has 0 amide bonds. The quantitative estimate of drug-likeness (QED) is 0.840. The third-order valence-corrected chi connectivity index (χ3v) is 4.09. The van der Waals surface area contributed by atoms with Crippen LogP contribution >= 0.6 is 0 Å². The molecule has 0 saturated carbocycles. The van der Waals surface area contributed by atoms with Gasteiger partial charge in [0.2, 0.25) is 0 Å². The Kier molecular flexibility index (Phi) is 4.43. The highest BCUT2D eigenvalue weighted by Crippen LogP contribution is 2.37. The lowest BCUT2D eigenvalue weighted by atomic mass is 9.71. The molecule has 1 aromatic rings. The Morgan fingerprint density at radius 3 is 2.65 bits per heavy atom. The third-order valence-electron chi connectivity index (χ3n) is 4.09. The Balaban J connectivity index is 2.28. The average molecular weight is 276 g/mol. The van der Waals surface area contributed by atoms with Crippen molar-refractivity contribution in [3.8, 4) is 5.75 Å². The van der Waals surface area contributed by atoms with Crippen LogP contribution in [0.15, 0.2) is 18.5 Å². The maximum atomic E-state index is 12.9. The van der Waals surface area contributed by atoms with Crippen LogP contribution in [0.3, 0.4) is 0 Å². The van der Waals surface area contributed by atoms with Gasteiger partial charge in [-0.25, -0.2) is 0 Å². The van der Waals surface area contributed by atoms with Crippen LogP contribution in [0, 0.1) is 11.3 Å². The van der Waals surface area contributed by atoms with Crippen molar-refractivity contribution in [2.24, 2.45) is 11.3 Å². The third kappa shape index (κ3) is 2.85. The van der Waals surface area contributed by atoms with E-state index in [9.17, 15) is 4.79 Å². The van der Waals surface area contributed by atoms with Gasteiger partial charge >= 0.3 is 0 Å². The van der Waals surface area contributed by atoms with Crippen molar-refractivity contribution in [1.82, 2.24) is 10.3 Å². The highest BCUT2D eigenvalue weighted by Gasteiger charge is 2.44. The van der Waals surface area contributed by atoms with Gasteiger partial charge in [-0.1, -0.05) is 13.8 Å². The second kappa shape index (κ2) is 5.92. The van der Waals surface area contributed by atoms with E-state index < -0.39 is 0 Å². The van der Waals surface area contributed by atoms with Gasteiger partial charge in [0.15, 0.2) is 5.78 Å². The Morgan fingerprint density at radius 1 is 1.35 bits per heavy atom. The van der Waals surface area contributed by atoms with Crippen molar-refractivity contribution in [3.05, 3.63) is 24.0 Å². The fourth-order valence-corrected chi connectivity index (χ4v) is 2.83. The Labute approximate surface area is 120 Å². The molecule has 4 nitrogen and oxygen atoms in total. The molecule has 0 bridgehead atoms. The molecule has 1 aliphatic rings. The van der Waals surface area contributed by atoms with Crippen LogP contribution in [-0.2, 0) is 0 Å².